The van der Waals surface area contributed by atoms with Gasteiger partial charge in [0.25, 0.3) is 0 Å². The van der Waals surface area contributed by atoms with Crippen molar-refractivity contribution in [1.29, 1.82) is 0 Å². The second-order valence-electron chi connectivity index (χ2n) is 4.80. The molecule has 0 heterocycles. The molecule has 0 spiro atoms. The lowest BCUT2D eigenvalue weighted by Gasteiger charge is -2.21. The highest BCUT2D eigenvalue weighted by Gasteiger charge is 2.26. The fourth-order valence-electron chi connectivity index (χ4n) is 1.27. The summed E-state index contributed by atoms with van der Waals surface area (Å²) in [4.78, 5) is 11.0. The van der Waals surface area contributed by atoms with Crippen LogP contribution in [0, 0.1) is 0 Å². The summed E-state index contributed by atoms with van der Waals surface area (Å²) in [7, 11) is 0. The Labute approximate surface area is 102 Å². The van der Waals surface area contributed by atoms with Gasteiger partial charge in [-0.05, 0) is 30.5 Å². The second kappa shape index (κ2) is 5.19. The second-order valence-corrected chi connectivity index (χ2v) is 4.80. The highest BCUT2D eigenvalue weighted by Crippen LogP contribution is 2.20. The minimum Gasteiger partial charge on any atom is -0.491 e. The molecule has 0 aliphatic heterocycles. The number of amides is 1. The van der Waals surface area contributed by atoms with E-state index in [0.29, 0.717) is 11.7 Å². The minimum absolute atomic E-state index is 0.0733. The number of rotatable bonds is 5. The average molecular weight is 236 g/mol. The van der Waals surface area contributed by atoms with Gasteiger partial charge in [0.15, 0.2) is 0 Å². The van der Waals surface area contributed by atoms with Crippen LogP contribution in [0.15, 0.2) is 24.3 Å². The Hall–Kier alpha value is -1.55. The summed E-state index contributed by atoms with van der Waals surface area (Å²) >= 11 is 0. The van der Waals surface area contributed by atoms with Crippen molar-refractivity contribution in [1.82, 2.24) is 0 Å². The molecule has 0 fully saturated rings. The molecule has 0 saturated carbocycles. The molecule has 17 heavy (non-hydrogen) atoms. The zero-order valence-electron chi connectivity index (χ0n) is 10.6. The Bertz CT molecular complexity index is 400. The maximum atomic E-state index is 11.0. The molecule has 0 bridgehead atoms. The van der Waals surface area contributed by atoms with Crippen molar-refractivity contribution in [2.45, 2.75) is 32.2 Å². The lowest BCUT2D eigenvalue weighted by molar-refractivity contribution is -0.123. The van der Waals surface area contributed by atoms with E-state index >= 15 is 0 Å². The highest BCUT2D eigenvalue weighted by atomic mass is 16.5. The first-order valence-corrected chi connectivity index (χ1v) is 5.64. The van der Waals surface area contributed by atoms with E-state index in [2.05, 4.69) is 13.8 Å². The summed E-state index contributed by atoms with van der Waals surface area (Å²) in [5, 5.41) is 0. The van der Waals surface area contributed by atoms with Crippen molar-refractivity contribution < 1.29 is 9.53 Å². The van der Waals surface area contributed by atoms with Crippen LogP contribution >= 0.6 is 0 Å². The van der Waals surface area contributed by atoms with Gasteiger partial charge in [0, 0.05) is 0 Å². The van der Waals surface area contributed by atoms with E-state index < -0.39 is 11.4 Å². The lowest BCUT2D eigenvalue weighted by atomic mass is 10.0. The van der Waals surface area contributed by atoms with Gasteiger partial charge in [0.2, 0.25) is 5.91 Å². The van der Waals surface area contributed by atoms with Crippen LogP contribution < -0.4 is 16.2 Å². The van der Waals surface area contributed by atoms with Crippen LogP contribution in [0.1, 0.15) is 32.3 Å². The quantitative estimate of drug-likeness (QED) is 0.811. The number of carbonyl (C=O) groups excluding carboxylic acids is 1. The summed E-state index contributed by atoms with van der Waals surface area (Å²) in [6, 6.07) is 7.74. The molecule has 4 N–H and O–H groups in total. The van der Waals surface area contributed by atoms with Gasteiger partial charge in [-0.2, -0.15) is 0 Å². The molecule has 1 amide bonds. The largest absolute Gasteiger partial charge is 0.491 e. The molecule has 0 aliphatic rings. The number of carbonyl (C=O) groups is 1. The fourth-order valence-corrected chi connectivity index (χ4v) is 1.27. The predicted molar refractivity (Wildman–Crippen MR) is 67.8 cm³/mol. The van der Waals surface area contributed by atoms with E-state index in [4.69, 9.17) is 16.2 Å². The van der Waals surface area contributed by atoms with Gasteiger partial charge in [0.1, 0.15) is 17.9 Å². The van der Waals surface area contributed by atoms with E-state index in [1.165, 1.54) is 5.56 Å². The number of nitrogens with two attached hydrogens (primary N) is 2. The first-order chi connectivity index (χ1) is 7.83. The summed E-state index contributed by atoms with van der Waals surface area (Å²) in [6.45, 7) is 5.84. The summed E-state index contributed by atoms with van der Waals surface area (Å²) in [5.41, 5.74) is 10.9. The molecule has 0 radical (unpaired) electrons. The van der Waals surface area contributed by atoms with Crippen molar-refractivity contribution in [3.8, 4) is 5.75 Å². The van der Waals surface area contributed by atoms with Gasteiger partial charge >= 0.3 is 0 Å². The standard InChI is InChI=1S/C13H20N2O2/c1-9(2)10-5-4-6-11(7-10)17-8-13(3,15)12(14)16/h4-7,9H,8,15H2,1-3H3,(H2,14,16). The van der Waals surface area contributed by atoms with Crippen LogP contribution in [0.5, 0.6) is 5.75 Å². The topological polar surface area (TPSA) is 78.3 Å². The van der Waals surface area contributed by atoms with Gasteiger partial charge in [-0.25, -0.2) is 0 Å². The van der Waals surface area contributed by atoms with E-state index in [9.17, 15) is 4.79 Å². The van der Waals surface area contributed by atoms with Crippen molar-refractivity contribution >= 4 is 5.91 Å². The Morgan fingerprint density at radius 1 is 1.47 bits per heavy atom. The van der Waals surface area contributed by atoms with Crippen LogP contribution in [0.4, 0.5) is 0 Å². The Balaban J connectivity index is 2.70. The molecule has 1 aromatic rings. The monoisotopic (exact) mass is 236 g/mol. The van der Waals surface area contributed by atoms with Crippen LogP contribution in [-0.2, 0) is 4.79 Å². The number of benzene rings is 1. The predicted octanol–water partition coefficient (Wildman–Crippen LogP) is 1.39. The Kier molecular flexibility index (Phi) is 4.12. The highest BCUT2D eigenvalue weighted by molar-refractivity contribution is 5.84. The lowest BCUT2D eigenvalue weighted by Crippen LogP contribution is -2.53. The first kappa shape index (κ1) is 13.5. The van der Waals surface area contributed by atoms with Gasteiger partial charge in [-0.15, -0.1) is 0 Å². The van der Waals surface area contributed by atoms with E-state index in [1.54, 1.807) is 6.92 Å². The molecule has 1 aromatic carbocycles. The molecule has 4 nitrogen and oxygen atoms in total. The molecule has 0 aromatic heterocycles. The number of ether oxygens (including phenoxy) is 1. The Morgan fingerprint density at radius 3 is 2.65 bits per heavy atom. The van der Waals surface area contributed by atoms with Crippen molar-refractivity contribution in [3.63, 3.8) is 0 Å². The zero-order chi connectivity index (χ0) is 13.1. The number of hydrogen-bond donors (Lipinski definition) is 2. The van der Waals surface area contributed by atoms with Crippen molar-refractivity contribution in [2.24, 2.45) is 11.5 Å². The van der Waals surface area contributed by atoms with Gasteiger partial charge in [-0.1, -0.05) is 26.0 Å². The molecular weight excluding hydrogens is 216 g/mol. The molecule has 0 aliphatic carbocycles. The third-order valence-electron chi connectivity index (χ3n) is 2.63. The first-order valence-electron chi connectivity index (χ1n) is 5.64. The summed E-state index contributed by atoms with van der Waals surface area (Å²) in [6.07, 6.45) is 0. The zero-order valence-corrected chi connectivity index (χ0v) is 10.6. The summed E-state index contributed by atoms with van der Waals surface area (Å²) in [5.74, 6) is 0.561. The van der Waals surface area contributed by atoms with Gasteiger partial charge in [0.05, 0.1) is 0 Å². The van der Waals surface area contributed by atoms with E-state index in [0.717, 1.165) is 0 Å². The van der Waals surface area contributed by atoms with Crippen molar-refractivity contribution in [2.75, 3.05) is 6.61 Å². The molecular formula is C13H20N2O2. The normalized spacial score (nSPS) is 14.4. The third kappa shape index (κ3) is 3.75. The van der Waals surface area contributed by atoms with Crippen LogP contribution in [0.3, 0.4) is 0 Å². The molecule has 1 unspecified atom stereocenters. The molecule has 4 heteroatoms. The van der Waals surface area contributed by atoms with Gasteiger partial charge in [-0.3, -0.25) is 4.79 Å². The average Bonchev–Trinajstić information content (AvgIpc) is 2.26. The molecule has 0 saturated heterocycles. The van der Waals surface area contributed by atoms with Gasteiger partial charge < -0.3 is 16.2 Å². The van der Waals surface area contributed by atoms with Crippen LogP contribution in [0.25, 0.3) is 0 Å². The van der Waals surface area contributed by atoms with E-state index in [-0.39, 0.29) is 6.61 Å². The van der Waals surface area contributed by atoms with Crippen LogP contribution in [0.2, 0.25) is 0 Å². The number of hydrogen-bond acceptors (Lipinski definition) is 3. The maximum Gasteiger partial charge on any atom is 0.240 e. The molecule has 1 rings (SSSR count). The van der Waals surface area contributed by atoms with Crippen molar-refractivity contribution in [3.05, 3.63) is 29.8 Å². The maximum absolute atomic E-state index is 11.0. The molecule has 94 valence electrons. The van der Waals surface area contributed by atoms with Crippen LogP contribution in [-0.4, -0.2) is 18.1 Å². The minimum atomic E-state index is -1.15. The smallest absolute Gasteiger partial charge is 0.240 e. The SMILES string of the molecule is CC(C)c1cccc(OCC(C)(N)C(N)=O)c1. The summed E-state index contributed by atoms with van der Waals surface area (Å²) < 4.78 is 5.50. The third-order valence-corrected chi connectivity index (χ3v) is 2.63. The van der Waals surface area contributed by atoms with E-state index in [1.807, 2.05) is 24.3 Å². The Morgan fingerprint density at radius 2 is 2.12 bits per heavy atom. The molecule has 1 atom stereocenters. The fraction of sp³-hybridized carbons (Fsp3) is 0.462. The number of primary amides is 1.